The standard InChI is InChI=1S/C15H24N2O3S/c1-2-16-12-14-4-6-15(7-5-14)13-21(18,19)17-8-3-10-20-11-9-17/h4-7,16H,2-3,8-13H2,1H3. The van der Waals surface area contributed by atoms with E-state index in [1.807, 2.05) is 24.3 Å². The van der Waals surface area contributed by atoms with Gasteiger partial charge < -0.3 is 10.1 Å². The summed E-state index contributed by atoms with van der Waals surface area (Å²) in [5.74, 6) is 0.0640. The molecule has 0 unspecified atom stereocenters. The van der Waals surface area contributed by atoms with Crippen LogP contribution >= 0.6 is 0 Å². The van der Waals surface area contributed by atoms with E-state index in [0.29, 0.717) is 26.3 Å². The Morgan fingerprint density at radius 3 is 2.57 bits per heavy atom. The van der Waals surface area contributed by atoms with Gasteiger partial charge in [0.25, 0.3) is 0 Å². The minimum Gasteiger partial charge on any atom is -0.380 e. The summed E-state index contributed by atoms with van der Waals surface area (Å²) in [6.45, 7) is 5.94. The molecule has 6 heteroatoms. The van der Waals surface area contributed by atoms with Gasteiger partial charge in [-0.3, -0.25) is 0 Å². The zero-order chi connectivity index (χ0) is 15.1. The average molecular weight is 312 g/mol. The minimum absolute atomic E-state index is 0.0640. The Kier molecular flexibility index (Phi) is 6.17. The summed E-state index contributed by atoms with van der Waals surface area (Å²) >= 11 is 0. The van der Waals surface area contributed by atoms with Crippen LogP contribution in [-0.4, -0.2) is 45.6 Å². The van der Waals surface area contributed by atoms with Crippen molar-refractivity contribution in [2.75, 3.05) is 32.8 Å². The molecule has 0 spiro atoms. The van der Waals surface area contributed by atoms with Crippen LogP contribution in [-0.2, 0) is 27.1 Å². The fourth-order valence-electron chi connectivity index (χ4n) is 2.33. The Morgan fingerprint density at radius 2 is 1.86 bits per heavy atom. The summed E-state index contributed by atoms with van der Waals surface area (Å²) in [4.78, 5) is 0. The lowest BCUT2D eigenvalue weighted by molar-refractivity contribution is 0.148. The van der Waals surface area contributed by atoms with Crippen LogP contribution in [0.5, 0.6) is 0 Å². The monoisotopic (exact) mass is 312 g/mol. The molecular weight excluding hydrogens is 288 g/mol. The molecule has 0 atom stereocenters. The van der Waals surface area contributed by atoms with Gasteiger partial charge in [0.15, 0.2) is 0 Å². The highest BCUT2D eigenvalue weighted by atomic mass is 32.2. The number of nitrogens with zero attached hydrogens (tertiary/aromatic N) is 1. The van der Waals surface area contributed by atoms with Crippen molar-refractivity contribution >= 4 is 10.0 Å². The molecule has 1 aromatic carbocycles. The van der Waals surface area contributed by atoms with Crippen LogP contribution in [0.15, 0.2) is 24.3 Å². The molecule has 0 bridgehead atoms. The summed E-state index contributed by atoms with van der Waals surface area (Å²) < 4.78 is 31.7. The van der Waals surface area contributed by atoms with Gasteiger partial charge in [0.05, 0.1) is 12.4 Å². The van der Waals surface area contributed by atoms with Crippen LogP contribution < -0.4 is 5.32 Å². The first-order valence-electron chi connectivity index (χ1n) is 7.46. The second-order valence-corrected chi connectivity index (χ2v) is 7.19. The number of ether oxygens (including phenoxy) is 1. The van der Waals surface area contributed by atoms with Crippen LogP contribution in [0.4, 0.5) is 0 Å². The minimum atomic E-state index is -3.25. The van der Waals surface area contributed by atoms with Crippen molar-refractivity contribution in [3.8, 4) is 0 Å². The van der Waals surface area contributed by atoms with Crippen molar-refractivity contribution < 1.29 is 13.2 Å². The van der Waals surface area contributed by atoms with E-state index in [9.17, 15) is 8.42 Å². The lowest BCUT2D eigenvalue weighted by Gasteiger charge is -2.19. The topological polar surface area (TPSA) is 58.6 Å². The Balaban J connectivity index is 1.98. The number of hydrogen-bond acceptors (Lipinski definition) is 4. The summed E-state index contributed by atoms with van der Waals surface area (Å²) in [7, 11) is -3.25. The Morgan fingerprint density at radius 1 is 1.14 bits per heavy atom. The first kappa shape index (κ1) is 16.4. The smallest absolute Gasteiger partial charge is 0.218 e. The van der Waals surface area contributed by atoms with Crippen LogP contribution in [0.3, 0.4) is 0 Å². The number of hydrogen-bond donors (Lipinski definition) is 1. The molecule has 21 heavy (non-hydrogen) atoms. The number of benzene rings is 1. The fourth-order valence-corrected chi connectivity index (χ4v) is 3.88. The second kappa shape index (κ2) is 7.89. The summed E-state index contributed by atoms with van der Waals surface area (Å²) in [6, 6.07) is 7.77. The second-order valence-electron chi connectivity index (χ2n) is 5.22. The molecule has 5 nitrogen and oxygen atoms in total. The predicted octanol–water partition coefficient (Wildman–Crippen LogP) is 1.35. The van der Waals surface area contributed by atoms with E-state index >= 15 is 0 Å². The molecule has 0 radical (unpaired) electrons. The van der Waals surface area contributed by atoms with E-state index in [2.05, 4.69) is 12.2 Å². The molecule has 0 saturated carbocycles. The van der Waals surface area contributed by atoms with Crippen LogP contribution in [0.2, 0.25) is 0 Å². The number of nitrogens with one attached hydrogen (secondary N) is 1. The van der Waals surface area contributed by atoms with Gasteiger partial charge in [-0.2, -0.15) is 4.31 Å². The van der Waals surface area contributed by atoms with E-state index in [4.69, 9.17) is 4.74 Å². The molecule has 1 saturated heterocycles. The van der Waals surface area contributed by atoms with Crippen molar-refractivity contribution in [2.24, 2.45) is 0 Å². The van der Waals surface area contributed by atoms with Crippen molar-refractivity contribution in [1.29, 1.82) is 0 Å². The summed E-state index contributed by atoms with van der Waals surface area (Å²) in [5, 5.41) is 3.25. The molecule has 0 aliphatic carbocycles. The third-order valence-electron chi connectivity index (χ3n) is 3.53. The van der Waals surface area contributed by atoms with Crippen molar-refractivity contribution in [1.82, 2.24) is 9.62 Å². The van der Waals surface area contributed by atoms with E-state index in [-0.39, 0.29) is 5.75 Å². The summed E-state index contributed by atoms with van der Waals surface area (Å²) in [5.41, 5.74) is 2.00. The molecule has 118 valence electrons. The molecule has 1 aromatic rings. The van der Waals surface area contributed by atoms with Gasteiger partial charge in [0.1, 0.15) is 0 Å². The normalized spacial score (nSPS) is 17.6. The Labute approximate surface area is 127 Å². The van der Waals surface area contributed by atoms with Gasteiger partial charge in [-0.05, 0) is 24.1 Å². The van der Waals surface area contributed by atoms with Gasteiger partial charge in [-0.15, -0.1) is 0 Å². The molecule has 1 aliphatic heterocycles. The van der Waals surface area contributed by atoms with Crippen LogP contribution in [0, 0.1) is 0 Å². The van der Waals surface area contributed by atoms with E-state index in [1.54, 1.807) is 4.31 Å². The molecular formula is C15H24N2O3S. The molecule has 1 fully saturated rings. The largest absolute Gasteiger partial charge is 0.380 e. The summed E-state index contributed by atoms with van der Waals surface area (Å²) in [6.07, 6.45) is 0.765. The molecule has 1 aliphatic rings. The van der Waals surface area contributed by atoms with Gasteiger partial charge in [0.2, 0.25) is 10.0 Å². The maximum Gasteiger partial charge on any atom is 0.218 e. The highest BCUT2D eigenvalue weighted by molar-refractivity contribution is 7.88. The first-order chi connectivity index (χ1) is 10.1. The van der Waals surface area contributed by atoms with Crippen LogP contribution in [0.25, 0.3) is 0 Å². The quantitative estimate of drug-likeness (QED) is 0.861. The highest BCUT2D eigenvalue weighted by Crippen LogP contribution is 2.14. The average Bonchev–Trinajstić information content (AvgIpc) is 2.76. The zero-order valence-electron chi connectivity index (χ0n) is 12.5. The highest BCUT2D eigenvalue weighted by Gasteiger charge is 2.23. The predicted molar refractivity (Wildman–Crippen MR) is 83.5 cm³/mol. The van der Waals surface area contributed by atoms with Crippen molar-refractivity contribution in [2.45, 2.75) is 25.6 Å². The lowest BCUT2D eigenvalue weighted by Crippen LogP contribution is -2.34. The Bertz CT molecular complexity index is 520. The molecule has 2 rings (SSSR count). The van der Waals surface area contributed by atoms with E-state index < -0.39 is 10.0 Å². The van der Waals surface area contributed by atoms with Crippen LogP contribution in [0.1, 0.15) is 24.5 Å². The van der Waals surface area contributed by atoms with E-state index in [1.165, 1.54) is 5.56 Å². The third-order valence-corrected chi connectivity index (χ3v) is 5.38. The van der Waals surface area contributed by atoms with E-state index in [0.717, 1.165) is 25.1 Å². The van der Waals surface area contributed by atoms with Gasteiger partial charge in [0, 0.05) is 26.2 Å². The van der Waals surface area contributed by atoms with Gasteiger partial charge in [-0.25, -0.2) is 8.42 Å². The van der Waals surface area contributed by atoms with Gasteiger partial charge in [-0.1, -0.05) is 31.2 Å². The lowest BCUT2D eigenvalue weighted by atomic mass is 10.1. The number of sulfonamides is 1. The Hall–Kier alpha value is -0.950. The van der Waals surface area contributed by atoms with Crippen molar-refractivity contribution in [3.63, 3.8) is 0 Å². The first-order valence-corrected chi connectivity index (χ1v) is 9.07. The number of rotatable bonds is 6. The third kappa shape index (κ3) is 5.07. The molecule has 1 N–H and O–H groups in total. The maximum absolute atomic E-state index is 12.4. The SMILES string of the molecule is CCNCc1ccc(CS(=O)(=O)N2CCCOCC2)cc1. The maximum atomic E-state index is 12.4. The zero-order valence-corrected chi connectivity index (χ0v) is 13.4. The van der Waals surface area contributed by atoms with Crippen molar-refractivity contribution in [3.05, 3.63) is 35.4 Å². The van der Waals surface area contributed by atoms with Gasteiger partial charge >= 0.3 is 0 Å². The molecule has 0 aromatic heterocycles. The molecule has 0 amide bonds. The fraction of sp³-hybridized carbons (Fsp3) is 0.600. The molecule has 1 heterocycles.